The first kappa shape index (κ1) is 14.2. The number of aromatic nitrogens is 2. The van der Waals surface area contributed by atoms with Crippen molar-refractivity contribution in [2.24, 2.45) is 7.05 Å². The molecule has 0 aliphatic carbocycles. The summed E-state index contributed by atoms with van der Waals surface area (Å²) < 4.78 is 1.79. The van der Waals surface area contributed by atoms with Crippen molar-refractivity contribution in [3.8, 4) is 0 Å². The standard InChI is InChI=1S/C15H20N2OS/c1-3-19-14-7-5-13(6-8-14)15(18)9-4-12-10-16-17(2)11-12/h5-8,10-11,15,18H,3-4,9H2,1-2H3. The topological polar surface area (TPSA) is 38.1 Å². The van der Waals surface area contributed by atoms with Gasteiger partial charge >= 0.3 is 0 Å². The van der Waals surface area contributed by atoms with Gasteiger partial charge in [-0.2, -0.15) is 5.10 Å². The summed E-state index contributed by atoms with van der Waals surface area (Å²) in [5.41, 5.74) is 2.16. The minimum Gasteiger partial charge on any atom is -0.388 e. The zero-order valence-corrected chi connectivity index (χ0v) is 12.2. The van der Waals surface area contributed by atoms with Gasteiger partial charge in [-0.1, -0.05) is 19.1 Å². The van der Waals surface area contributed by atoms with Gasteiger partial charge in [0.25, 0.3) is 0 Å². The van der Waals surface area contributed by atoms with Crippen molar-refractivity contribution in [3.05, 3.63) is 47.8 Å². The van der Waals surface area contributed by atoms with Gasteiger partial charge in [-0.15, -0.1) is 11.8 Å². The molecule has 1 unspecified atom stereocenters. The zero-order valence-electron chi connectivity index (χ0n) is 11.4. The summed E-state index contributed by atoms with van der Waals surface area (Å²) in [6.07, 6.45) is 5.02. The van der Waals surface area contributed by atoms with Gasteiger partial charge in [0.05, 0.1) is 12.3 Å². The fraction of sp³-hybridized carbons (Fsp3) is 0.400. The Bertz CT molecular complexity index is 507. The lowest BCUT2D eigenvalue weighted by molar-refractivity contribution is 0.168. The average Bonchev–Trinajstić information content (AvgIpc) is 2.83. The Morgan fingerprint density at radius 3 is 2.63 bits per heavy atom. The summed E-state index contributed by atoms with van der Waals surface area (Å²) >= 11 is 1.82. The van der Waals surface area contributed by atoms with E-state index in [4.69, 9.17) is 0 Å². The normalized spacial score (nSPS) is 12.6. The van der Waals surface area contributed by atoms with E-state index in [1.165, 1.54) is 10.5 Å². The van der Waals surface area contributed by atoms with Crippen LogP contribution >= 0.6 is 11.8 Å². The lowest BCUT2D eigenvalue weighted by atomic mass is 10.0. The number of aliphatic hydroxyl groups is 1. The molecule has 102 valence electrons. The first-order chi connectivity index (χ1) is 9.19. The largest absolute Gasteiger partial charge is 0.388 e. The Kier molecular flexibility index (Phi) is 5.05. The molecular weight excluding hydrogens is 256 g/mol. The second-order valence-corrected chi connectivity index (χ2v) is 5.92. The van der Waals surface area contributed by atoms with Gasteiger partial charge in [-0.25, -0.2) is 0 Å². The predicted molar refractivity (Wildman–Crippen MR) is 79.3 cm³/mol. The summed E-state index contributed by atoms with van der Waals surface area (Å²) in [5.74, 6) is 1.07. The molecule has 0 aliphatic heterocycles. The van der Waals surface area contributed by atoms with E-state index in [9.17, 15) is 5.11 Å². The number of hydrogen-bond donors (Lipinski definition) is 1. The van der Waals surface area contributed by atoms with Crippen LogP contribution in [0.5, 0.6) is 0 Å². The van der Waals surface area contributed by atoms with Gasteiger partial charge in [0.15, 0.2) is 0 Å². The lowest BCUT2D eigenvalue weighted by Crippen LogP contribution is -1.99. The summed E-state index contributed by atoms with van der Waals surface area (Å²) in [5, 5.41) is 14.3. The van der Waals surface area contributed by atoms with Crippen molar-refractivity contribution in [3.63, 3.8) is 0 Å². The molecule has 1 aromatic carbocycles. The van der Waals surface area contributed by atoms with Crippen molar-refractivity contribution in [1.82, 2.24) is 9.78 Å². The van der Waals surface area contributed by atoms with Crippen molar-refractivity contribution >= 4 is 11.8 Å². The highest BCUT2D eigenvalue weighted by Gasteiger charge is 2.08. The molecule has 0 fully saturated rings. The fourth-order valence-corrected chi connectivity index (χ4v) is 2.69. The van der Waals surface area contributed by atoms with Gasteiger partial charge in [0.1, 0.15) is 0 Å². The van der Waals surface area contributed by atoms with E-state index in [-0.39, 0.29) is 0 Å². The summed E-state index contributed by atoms with van der Waals surface area (Å²) in [4.78, 5) is 1.26. The molecule has 1 aromatic heterocycles. The van der Waals surface area contributed by atoms with E-state index >= 15 is 0 Å². The molecule has 1 heterocycles. The molecule has 0 saturated heterocycles. The Hall–Kier alpha value is -1.26. The van der Waals surface area contributed by atoms with E-state index in [2.05, 4.69) is 24.2 Å². The van der Waals surface area contributed by atoms with E-state index in [0.29, 0.717) is 0 Å². The first-order valence-corrected chi connectivity index (χ1v) is 7.56. The highest BCUT2D eigenvalue weighted by molar-refractivity contribution is 7.99. The molecular formula is C15H20N2OS. The lowest BCUT2D eigenvalue weighted by Gasteiger charge is -2.10. The van der Waals surface area contributed by atoms with Crippen LogP contribution in [0.15, 0.2) is 41.6 Å². The van der Waals surface area contributed by atoms with Crippen LogP contribution in [0.25, 0.3) is 0 Å². The number of rotatable bonds is 6. The van der Waals surface area contributed by atoms with E-state index in [1.807, 2.05) is 43.3 Å². The molecule has 1 N–H and O–H groups in total. The SMILES string of the molecule is CCSc1ccc(C(O)CCc2cnn(C)c2)cc1. The molecule has 0 radical (unpaired) electrons. The van der Waals surface area contributed by atoms with Gasteiger partial charge < -0.3 is 5.11 Å². The summed E-state index contributed by atoms with van der Waals surface area (Å²) in [7, 11) is 1.91. The van der Waals surface area contributed by atoms with Crippen LogP contribution < -0.4 is 0 Å². The van der Waals surface area contributed by atoms with Crippen molar-refractivity contribution in [2.75, 3.05) is 5.75 Å². The maximum Gasteiger partial charge on any atom is 0.0793 e. The molecule has 0 saturated carbocycles. The Morgan fingerprint density at radius 1 is 1.32 bits per heavy atom. The number of nitrogens with zero attached hydrogens (tertiary/aromatic N) is 2. The molecule has 2 rings (SSSR count). The minimum absolute atomic E-state index is 0.402. The molecule has 2 aromatic rings. The van der Waals surface area contributed by atoms with Crippen LogP contribution in [0.1, 0.15) is 30.6 Å². The predicted octanol–water partition coefficient (Wildman–Crippen LogP) is 3.20. The van der Waals surface area contributed by atoms with Crippen molar-refractivity contribution < 1.29 is 5.11 Å². The van der Waals surface area contributed by atoms with E-state index in [1.54, 1.807) is 4.68 Å². The van der Waals surface area contributed by atoms with Crippen LogP contribution in [0.2, 0.25) is 0 Å². The van der Waals surface area contributed by atoms with Crippen LogP contribution in [-0.4, -0.2) is 20.6 Å². The Balaban J connectivity index is 1.90. The highest BCUT2D eigenvalue weighted by Crippen LogP contribution is 2.23. The first-order valence-electron chi connectivity index (χ1n) is 6.57. The smallest absolute Gasteiger partial charge is 0.0793 e. The van der Waals surface area contributed by atoms with E-state index in [0.717, 1.165) is 24.2 Å². The van der Waals surface area contributed by atoms with Crippen LogP contribution in [-0.2, 0) is 13.5 Å². The highest BCUT2D eigenvalue weighted by atomic mass is 32.2. The monoisotopic (exact) mass is 276 g/mol. The van der Waals surface area contributed by atoms with Crippen LogP contribution in [0, 0.1) is 0 Å². The third kappa shape index (κ3) is 4.11. The molecule has 4 heteroatoms. The molecule has 0 bridgehead atoms. The van der Waals surface area contributed by atoms with Crippen molar-refractivity contribution in [2.45, 2.75) is 30.8 Å². The second-order valence-electron chi connectivity index (χ2n) is 4.58. The van der Waals surface area contributed by atoms with E-state index < -0.39 is 6.10 Å². The van der Waals surface area contributed by atoms with Gasteiger partial charge in [-0.3, -0.25) is 4.68 Å². The minimum atomic E-state index is -0.402. The molecule has 0 spiro atoms. The molecule has 3 nitrogen and oxygen atoms in total. The quantitative estimate of drug-likeness (QED) is 0.823. The fourth-order valence-electron chi connectivity index (χ4n) is 2.02. The van der Waals surface area contributed by atoms with Gasteiger partial charge in [0, 0.05) is 18.1 Å². The van der Waals surface area contributed by atoms with Gasteiger partial charge in [-0.05, 0) is 41.9 Å². The van der Waals surface area contributed by atoms with Crippen LogP contribution in [0.4, 0.5) is 0 Å². The molecule has 1 atom stereocenters. The maximum atomic E-state index is 10.2. The van der Waals surface area contributed by atoms with Crippen LogP contribution in [0.3, 0.4) is 0 Å². The number of aryl methyl sites for hydroxylation is 2. The molecule has 0 aliphatic rings. The van der Waals surface area contributed by atoms with Crippen molar-refractivity contribution in [1.29, 1.82) is 0 Å². The Morgan fingerprint density at radius 2 is 2.05 bits per heavy atom. The Labute approximate surface area is 118 Å². The zero-order chi connectivity index (χ0) is 13.7. The third-order valence-electron chi connectivity index (χ3n) is 3.04. The number of aliphatic hydroxyl groups excluding tert-OH is 1. The number of thioether (sulfide) groups is 1. The molecule has 19 heavy (non-hydrogen) atoms. The number of hydrogen-bond acceptors (Lipinski definition) is 3. The van der Waals surface area contributed by atoms with Gasteiger partial charge in [0.2, 0.25) is 0 Å². The molecule has 0 amide bonds. The maximum absolute atomic E-state index is 10.2. The second kappa shape index (κ2) is 6.78. The average molecular weight is 276 g/mol. The third-order valence-corrected chi connectivity index (χ3v) is 3.93. The summed E-state index contributed by atoms with van der Waals surface area (Å²) in [6.45, 7) is 2.14. The summed E-state index contributed by atoms with van der Waals surface area (Å²) in [6, 6.07) is 8.20. The number of benzene rings is 1.